The molecule has 1 N–H and O–H groups in total. The summed E-state index contributed by atoms with van der Waals surface area (Å²) in [5.41, 5.74) is 1.89. The Morgan fingerprint density at radius 1 is 1.11 bits per heavy atom. The van der Waals surface area contributed by atoms with E-state index in [2.05, 4.69) is 10.3 Å². The predicted molar refractivity (Wildman–Crippen MR) is 153 cm³/mol. The molecule has 9 nitrogen and oxygen atoms in total. The molecular formula is C27H34N4O5S2. The summed E-state index contributed by atoms with van der Waals surface area (Å²) in [6.45, 7) is 5.26. The lowest BCUT2D eigenvalue weighted by Crippen LogP contribution is -2.45. The zero-order chi connectivity index (χ0) is 27.7. The predicted octanol–water partition coefficient (Wildman–Crippen LogP) is 3.49. The number of rotatable bonds is 6. The van der Waals surface area contributed by atoms with Crippen LogP contribution >= 0.6 is 11.8 Å². The van der Waals surface area contributed by atoms with Crippen LogP contribution in [0.5, 0.6) is 0 Å². The van der Waals surface area contributed by atoms with Gasteiger partial charge in [-0.15, -0.1) is 0 Å². The third-order valence-electron chi connectivity index (χ3n) is 6.19. The van der Waals surface area contributed by atoms with Gasteiger partial charge in [0.15, 0.2) is 15.0 Å². The van der Waals surface area contributed by atoms with E-state index in [4.69, 9.17) is 4.74 Å². The number of amides is 2. The first-order chi connectivity index (χ1) is 17.8. The van der Waals surface area contributed by atoms with E-state index in [0.717, 1.165) is 16.9 Å². The van der Waals surface area contributed by atoms with E-state index < -0.39 is 33.5 Å². The molecular weight excluding hydrogens is 524 g/mol. The van der Waals surface area contributed by atoms with Crippen LogP contribution in [0.15, 0.2) is 59.6 Å². The highest BCUT2D eigenvalue weighted by Gasteiger charge is 2.49. The highest BCUT2D eigenvalue weighted by Crippen LogP contribution is 2.41. The van der Waals surface area contributed by atoms with Crippen LogP contribution in [0.2, 0.25) is 0 Å². The van der Waals surface area contributed by atoms with Gasteiger partial charge in [-0.1, -0.05) is 42.1 Å². The monoisotopic (exact) mass is 558 g/mol. The molecule has 0 aliphatic carbocycles. The molecule has 11 heteroatoms. The first-order valence-corrected chi connectivity index (χ1v) is 15.1. The third kappa shape index (κ3) is 6.87. The van der Waals surface area contributed by atoms with Crippen LogP contribution in [0.25, 0.3) is 0 Å². The maximum absolute atomic E-state index is 13.5. The number of nitrogens with zero attached hydrogens (tertiary/aromatic N) is 3. The fourth-order valence-corrected chi connectivity index (χ4v) is 8.37. The zero-order valence-electron chi connectivity index (χ0n) is 22.2. The maximum Gasteiger partial charge on any atom is 0.408 e. The Morgan fingerprint density at radius 2 is 1.76 bits per heavy atom. The number of thioether (sulfide) groups is 1. The van der Waals surface area contributed by atoms with Gasteiger partial charge in [0.2, 0.25) is 0 Å². The lowest BCUT2D eigenvalue weighted by molar-refractivity contribution is -0.119. The van der Waals surface area contributed by atoms with Crippen molar-refractivity contribution in [1.82, 2.24) is 5.32 Å². The minimum atomic E-state index is -3.19. The molecule has 0 bridgehead atoms. The second-order valence-electron chi connectivity index (χ2n) is 10.7. The SMILES string of the molecule is CN(C)c1ccc(N2C(=NC(=O)C(Cc3ccccc3)NC(=O)OC(C)(C)C)SC3CS(=O)(=O)CC32)cc1. The molecule has 2 heterocycles. The number of anilines is 2. The molecule has 204 valence electrons. The van der Waals surface area contributed by atoms with E-state index in [1.807, 2.05) is 78.5 Å². The Balaban J connectivity index is 1.65. The topological polar surface area (TPSA) is 108 Å². The van der Waals surface area contributed by atoms with Gasteiger partial charge < -0.3 is 19.9 Å². The van der Waals surface area contributed by atoms with Crippen molar-refractivity contribution in [2.75, 3.05) is 35.4 Å². The van der Waals surface area contributed by atoms with Crippen molar-refractivity contribution >= 4 is 50.1 Å². The first kappa shape index (κ1) is 28.0. The molecule has 2 amide bonds. The smallest absolute Gasteiger partial charge is 0.408 e. The van der Waals surface area contributed by atoms with E-state index in [1.54, 1.807) is 20.8 Å². The van der Waals surface area contributed by atoms with Gasteiger partial charge >= 0.3 is 6.09 Å². The van der Waals surface area contributed by atoms with Crippen molar-refractivity contribution in [3.63, 3.8) is 0 Å². The molecule has 2 aromatic carbocycles. The number of alkyl carbamates (subject to hydrolysis) is 1. The highest BCUT2D eigenvalue weighted by molar-refractivity contribution is 8.16. The molecule has 4 rings (SSSR count). The minimum Gasteiger partial charge on any atom is -0.444 e. The zero-order valence-corrected chi connectivity index (χ0v) is 23.9. The fraction of sp³-hybridized carbons (Fsp3) is 0.444. The Hall–Kier alpha value is -3.05. The number of hydrogen-bond donors (Lipinski definition) is 1. The maximum atomic E-state index is 13.5. The molecule has 2 aromatic rings. The van der Waals surface area contributed by atoms with Crippen molar-refractivity contribution in [1.29, 1.82) is 0 Å². The van der Waals surface area contributed by atoms with Crippen LogP contribution < -0.4 is 15.1 Å². The number of sulfone groups is 1. The molecule has 2 aliphatic rings. The first-order valence-electron chi connectivity index (χ1n) is 12.4. The van der Waals surface area contributed by atoms with Crippen LogP contribution in [-0.2, 0) is 25.8 Å². The van der Waals surface area contributed by atoms with Gasteiger partial charge in [0, 0.05) is 37.1 Å². The Bertz CT molecular complexity index is 1310. The van der Waals surface area contributed by atoms with Gasteiger partial charge in [0.05, 0.1) is 17.5 Å². The summed E-state index contributed by atoms with van der Waals surface area (Å²) >= 11 is 1.30. The Morgan fingerprint density at radius 3 is 2.37 bits per heavy atom. The van der Waals surface area contributed by atoms with Crippen LogP contribution in [0.1, 0.15) is 26.3 Å². The van der Waals surface area contributed by atoms with Crippen LogP contribution in [0, 0.1) is 0 Å². The van der Waals surface area contributed by atoms with Gasteiger partial charge in [-0.25, -0.2) is 13.2 Å². The number of carbonyl (C=O) groups excluding carboxylic acids is 2. The van der Waals surface area contributed by atoms with Gasteiger partial charge in [-0.05, 0) is 50.6 Å². The van der Waals surface area contributed by atoms with Crippen LogP contribution in [-0.4, -0.2) is 74.1 Å². The lowest BCUT2D eigenvalue weighted by atomic mass is 10.1. The summed E-state index contributed by atoms with van der Waals surface area (Å²) in [7, 11) is 0.687. The number of aliphatic imine (C=N–C) groups is 1. The van der Waals surface area contributed by atoms with Crippen molar-refractivity contribution in [3.8, 4) is 0 Å². The number of amidine groups is 1. The van der Waals surface area contributed by atoms with Crippen molar-refractivity contribution in [2.24, 2.45) is 4.99 Å². The van der Waals surface area contributed by atoms with Crippen molar-refractivity contribution < 1.29 is 22.7 Å². The van der Waals surface area contributed by atoms with Gasteiger partial charge in [0.1, 0.15) is 11.6 Å². The number of benzene rings is 2. The van der Waals surface area contributed by atoms with E-state index in [-0.39, 0.29) is 29.2 Å². The normalized spacial score (nSPS) is 22.1. The summed E-state index contributed by atoms with van der Waals surface area (Å²) in [4.78, 5) is 34.4. The summed E-state index contributed by atoms with van der Waals surface area (Å²) in [6.07, 6.45) is -0.468. The molecule has 38 heavy (non-hydrogen) atoms. The second kappa shape index (κ2) is 11.0. The fourth-order valence-electron chi connectivity index (χ4n) is 4.45. The largest absolute Gasteiger partial charge is 0.444 e. The minimum absolute atomic E-state index is 0.00306. The highest BCUT2D eigenvalue weighted by atomic mass is 32.2. The molecule has 3 atom stereocenters. The standard InChI is InChI=1S/C27H34N4O5S2/c1-27(2,3)36-26(33)28-21(15-18-9-7-6-8-10-18)24(32)29-25-31(20-13-11-19(12-14-20)30(4)5)22-16-38(34,35)17-23(22)37-25/h6-14,21-23H,15-17H2,1-5H3,(H,28,33). The van der Waals surface area contributed by atoms with E-state index in [0.29, 0.717) is 5.17 Å². The average molecular weight is 559 g/mol. The number of carbonyl (C=O) groups is 2. The quantitative estimate of drug-likeness (QED) is 0.574. The van der Waals surface area contributed by atoms with Gasteiger partial charge in [0.25, 0.3) is 5.91 Å². The molecule has 0 radical (unpaired) electrons. The number of fused-ring (bicyclic) bond motifs is 1. The molecule has 3 unspecified atom stereocenters. The second-order valence-corrected chi connectivity index (χ2v) is 14.1. The van der Waals surface area contributed by atoms with Crippen LogP contribution in [0.4, 0.5) is 16.2 Å². The molecule has 2 saturated heterocycles. The molecule has 2 fully saturated rings. The molecule has 0 aromatic heterocycles. The Labute approximate surface area is 228 Å². The molecule has 2 aliphatic heterocycles. The van der Waals surface area contributed by atoms with Crippen molar-refractivity contribution in [2.45, 2.75) is 50.1 Å². The summed E-state index contributed by atoms with van der Waals surface area (Å²) < 4.78 is 30.2. The van der Waals surface area contributed by atoms with Crippen molar-refractivity contribution in [3.05, 3.63) is 60.2 Å². The lowest BCUT2D eigenvalue weighted by Gasteiger charge is -2.26. The Kier molecular flexibility index (Phi) is 8.08. The molecule has 0 spiro atoms. The average Bonchev–Trinajstić information content (AvgIpc) is 3.28. The number of nitrogens with one attached hydrogen (secondary N) is 1. The number of ether oxygens (including phenoxy) is 1. The van der Waals surface area contributed by atoms with E-state index >= 15 is 0 Å². The summed E-state index contributed by atoms with van der Waals surface area (Å²) in [5.74, 6) is -0.498. The summed E-state index contributed by atoms with van der Waals surface area (Å²) in [6, 6.07) is 15.8. The van der Waals surface area contributed by atoms with Gasteiger partial charge in [-0.3, -0.25) is 4.79 Å². The number of hydrogen-bond acceptors (Lipinski definition) is 7. The molecule has 0 saturated carbocycles. The third-order valence-corrected chi connectivity index (χ3v) is 9.40. The van der Waals surface area contributed by atoms with Crippen LogP contribution in [0.3, 0.4) is 0 Å². The summed E-state index contributed by atoms with van der Waals surface area (Å²) in [5, 5.41) is 2.89. The van der Waals surface area contributed by atoms with E-state index in [9.17, 15) is 18.0 Å². The van der Waals surface area contributed by atoms with E-state index in [1.165, 1.54) is 11.8 Å². The van der Waals surface area contributed by atoms with Gasteiger partial charge in [-0.2, -0.15) is 4.99 Å².